The lowest BCUT2D eigenvalue weighted by Crippen LogP contribution is -2.11. The Bertz CT molecular complexity index is 304. The molecule has 1 N–H and O–H groups in total. The number of nitrogens with zero attached hydrogens (tertiary/aromatic N) is 1. The molecule has 0 amide bonds. The zero-order valence-electron chi connectivity index (χ0n) is 7.55. The van der Waals surface area contributed by atoms with Gasteiger partial charge in [-0.2, -0.15) is 5.10 Å². The number of aromatic amines is 1. The number of aryl methyl sites for hydroxylation is 2. The number of aromatic nitrogens is 2. The van der Waals surface area contributed by atoms with Crippen molar-refractivity contribution in [1.29, 1.82) is 0 Å². The first-order valence-corrected chi connectivity index (χ1v) is 4.35. The minimum absolute atomic E-state index is 0.105. The van der Waals surface area contributed by atoms with E-state index in [2.05, 4.69) is 17.1 Å². The molecule has 1 aromatic heterocycles. The Morgan fingerprint density at radius 3 is 2.83 bits per heavy atom. The average molecular weight is 166 g/mol. The topological polar surface area (TPSA) is 45.8 Å². The third-order valence-electron chi connectivity index (χ3n) is 1.84. The van der Waals surface area contributed by atoms with Gasteiger partial charge in [-0.1, -0.05) is 20.3 Å². The van der Waals surface area contributed by atoms with E-state index < -0.39 is 0 Å². The van der Waals surface area contributed by atoms with Crippen LogP contribution in [0.25, 0.3) is 0 Å². The fraction of sp³-hybridized carbons (Fsp3) is 0.556. The quantitative estimate of drug-likeness (QED) is 0.735. The van der Waals surface area contributed by atoms with Crippen molar-refractivity contribution in [2.75, 3.05) is 0 Å². The van der Waals surface area contributed by atoms with E-state index in [1.807, 2.05) is 6.92 Å². The van der Waals surface area contributed by atoms with Crippen molar-refractivity contribution in [2.45, 2.75) is 33.1 Å². The van der Waals surface area contributed by atoms with Crippen LogP contribution in [0.3, 0.4) is 0 Å². The van der Waals surface area contributed by atoms with Gasteiger partial charge < -0.3 is 0 Å². The molecule has 12 heavy (non-hydrogen) atoms. The number of hydrogen-bond donors (Lipinski definition) is 1. The molecule has 0 radical (unpaired) electrons. The van der Waals surface area contributed by atoms with E-state index in [0.29, 0.717) is 0 Å². The molecule has 0 saturated heterocycles. The highest BCUT2D eigenvalue weighted by molar-refractivity contribution is 5.17. The predicted octanol–water partition coefficient (Wildman–Crippen LogP) is 1.28. The lowest BCUT2D eigenvalue weighted by molar-refractivity contribution is 0.802. The van der Waals surface area contributed by atoms with Crippen LogP contribution in [0.15, 0.2) is 10.9 Å². The van der Waals surface area contributed by atoms with Gasteiger partial charge in [-0.3, -0.25) is 4.79 Å². The van der Waals surface area contributed by atoms with Crippen LogP contribution in [-0.4, -0.2) is 10.2 Å². The summed E-state index contributed by atoms with van der Waals surface area (Å²) in [5.74, 6) is 0. The van der Waals surface area contributed by atoms with Crippen LogP contribution in [0, 0.1) is 0 Å². The summed E-state index contributed by atoms with van der Waals surface area (Å²) in [5.41, 5.74) is 1.99. The van der Waals surface area contributed by atoms with Crippen LogP contribution in [0.5, 0.6) is 0 Å². The van der Waals surface area contributed by atoms with Crippen LogP contribution in [0.2, 0.25) is 0 Å². The maximum absolute atomic E-state index is 10.9. The molecule has 3 nitrogen and oxygen atoms in total. The molecule has 0 aliphatic carbocycles. The van der Waals surface area contributed by atoms with Crippen LogP contribution >= 0.6 is 0 Å². The van der Waals surface area contributed by atoms with Gasteiger partial charge in [-0.15, -0.1) is 0 Å². The van der Waals surface area contributed by atoms with Crippen molar-refractivity contribution in [2.24, 2.45) is 0 Å². The summed E-state index contributed by atoms with van der Waals surface area (Å²) in [4.78, 5) is 10.9. The fourth-order valence-electron chi connectivity index (χ4n) is 1.23. The molecular formula is C9H14N2O. The minimum Gasteiger partial charge on any atom is -0.268 e. The summed E-state index contributed by atoms with van der Waals surface area (Å²) in [6.45, 7) is 4.14. The third-order valence-corrected chi connectivity index (χ3v) is 1.84. The molecule has 0 atom stereocenters. The molecular weight excluding hydrogens is 152 g/mol. The number of rotatable bonds is 3. The summed E-state index contributed by atoms with van der Waals surface area (Å²) in [6, 6.07) is 1.64. The second-order valence-corrected chi connectivity index (χ2v) is 2.81. The maximum Gasteiger partial charge on any atom is 0.264 e. The van der Waals surface area contributed by atoms with Gasteiger partial charge in [0.2, 0.25) is 0 Å². The Kier molecular flexibility index (Phi) is 3.02. The van der Waals surface area contributed by atoms with Crippen molar-refractivity contribution in [3.63, 3.8) is 0 Å². The smallest absolute Gasteiger partial charge is 0.264 e. The highest BCUT2D eigenvalue weighted by atomic mass is 16.1. The fourth-order valence-corrected chi connectivity index (χ4v) is 1.23. The Labute approximate surface area is 71.8 Å². The van der Waals surface area contributed by atoms with Crippen molar-refractivity contribution in [3.8, 4) is 0 Å². The van der Waals surface area contributed by atoms with E-state index in [9.17, 15) is 4.79 Å². The van der Waals surface area contributed by atoms with Crippen molar-refractivity contribution >= 4 is 0 Å². The Morgan fingerprint density at radius 1 is 1.50 bits per heavy atom. The Morgan fingerprint density at radius 2 is 2.25 bits per heavy atom. The maximum atomic E-state index is 10.9. The van der Waals surface area contributed by atoms with Crippen molar-refractivity contribution in [3.05, 3.63) is 27.7 Å². The first kappa shape index (κ1) is 8.97. The van der Waals surface area contributed by atoms with E-state index in [-0.39, 0.29) is 5.56 Å². The molecule has 66 valence electrons. The standard InChI is InChI=1S/C9H14N2O/c1-3-5-8-7(4-2)6-9(12)11-10-8/h6H,3-5H2,1-2H3,(H,11,12). The summed E-state index contributed by atoms with van der Waals surface area (Å²) < 4.78 is 0. The SMILES string of the molecule is CCCc1n[nH]c(=O)cc1CC. The lowest BCUT2D eigenvalue weighted by atomic mass is 10.1. The predicted molar refractivity (Wildman–Crippen MR) is 48.2 cm³/mol. The van der Waals surface area contributed by atoms with Gasteiger partial charge in [-0.05, 0) is 18.4 Å². The Balaban J connectivity index is 3.02. The minimum atomic E-state index is -0.105. The summed E-state index contributed by atoms with van der Waals surface area (Å²) in [7, 11) is 0. The number of nitrogens with one attached hydrogen (secondary N) is 1. The van der Waals surface area contributed by atoms with Gasteiger partial charge in [-0.25, -0.2) is 5.10 Å². The van der Waals surface area contributed by atoms with Gasteiger partial charge >= 0.3 is 0 Å². The van der Waals surface area contributed by atoms with Crippen LogP contribution in [-0.2, 0) is 12.8 Å². The molecule has 1 rings (SSSR count). The van der Waals surface area contributed by atoms with E-state index in [1.165, 1.54) is 0 Å². The zero-order valence-corrected chi connectivity index (χ0v) is 7.55. The highest BCUT2D eigenvalue weighted by Crippen LogP contribution is 2.04. The van der Waals surface area contributed by atoms with Gasteiger partial charge in [0.25, 0.3) is 5.56 Å². The first-order valence-electron chi connectivity index (χ1n) is 4.35. The van der Waals surface area contributed by atoms with Crippen LogP contribution in [0.4, 0.5) is 0 Å². The highest BCUT2D eigenvalue weighted by Gasteiger charge is 2.01. The normalized spacial score (nSPS) is 10.2. The summed E-state index contributed by atoms with van der Waals surface area (Å²) >= 11 is 0. The molecule has 0 aliphatic rings. The number of hydrogen-bond acceptors (Lipinski definition) is 2. The third kappa shape index (κ3) is 1.94. The largest absolute Gasteiger partial charge is 0.268 e. The Hall–Kier alpha value is -1.12. The van der Waals surface area contributed by atoms with E-state index in [1.54, 1.807) is 6.07 Å². The van der Waals surface area contributed by atoms with E-state index >= 15 is 0 Å². The molecule has 1 aromatic rings. The second-order valence-electron chi connectivity index (χ2n) is 2.81. The van der Waals surface area contributed by atoms with Crippen molar-refractivity contribution in [1.82, 2.24) is 10.2 Å². The second kappa shape index (κ2) is 4.04. The molecule has 0 bridgehead atoms. The lowest BCUT2D eigenvalue weighted by Gasteiger charge is -2.02. The van der Waals surface area contributed by atoms with Crippen LogP contribution < -0.4 is 5.56 Å². The first-order chi connectivity index (χ1) is 5.77. The average Bonchev–Trinajstić information content (AvgIpc) is 2.08. The van der Waals surface area contributed by atoms with Gasteiger partial charge in [0, 0.05) is 6.07 Å². The van der Waals surface area contributed by atoms with Gasteiger partial charge in [0.05, 0.1) is 5.69 Å². The number of H-pyrrole nitrogens is 1. The molecule has 0 fully saturated rings. The monoisotopic (exact) mass is 166 g/mol. The molecule has 3 heteroatoms. The van der Waals surface area contributed by atoms with Crippen LogP contribution in [0.1, 0.15) is 31.5 Å². The van der Waals surface area contributed by atoms with E-state index in [0.717, 1.165) is 30.5 Å². The van der Waals surface area contributed by atoms with Gasteiger partial charge in [0.15, 0.2) is 0 Å². The summed E-state index contributed by atoms with van der Waals surface area (Å²) in [5, 5.41) is 6.46. The van der Waals surface area contributed by atoms with Crippen molar-refractivity contribution < 1.29 is 0 Å². The molecule has 0 aromatic carbocycles. The molecule has 0 aliphatic heterocycles. The molecule has 0 unspecified atom stereocenters. The molecule has 0 spiro atoms. The van der Waals surface area contributed by atoms with E-state index in [4.69, 9.17) is 0 Å². The molecule has 0 saturated carbocycles. The van der Waals surface area contributed by atoms with Gasteiger partial charge in [0.1, 0.15) is 0 Å². The zero-order chi connectivity index (χ0) is 8.97. The molecule has 1 heterocycles. The summed E-state index contributed by atoms with van der Waals surface area (Å²) in [6.07, 6.45) is 2.89.